The van der Waals surface area contributed by atoms with E-state index in [1.54, 1.807) is 7.05 Å². The van der Waals surface area contributed by atoms with Crippen molar-refractivity contribution in [1.82, 2.24) is 30.0 Å². The predicted molar refractivity (Wildman–Crippen MR) is 101 cm³/mol. The van der Waals surface area contributed by atoms with Gasteiger partial charge in [-0.1, -0.05) is 12.1 Å². The molecule has 25 heavy (non-hydrogen) atoms. The van der Waals surface area contributed by atoms with Crippen LogP contribution in [0.2, 0.25) is 0 Å². The number of nitrogens with zero attached hydrogens (tertiary/aromatic N) is 5. The van der Waals surface area contributed by atoms with Crippen molar-refractivity contribution in [2.75, 3.05) is 13.6 Å². The maximum atomic E-state index is 4.45. The van der Waals surface area contributed by atoms with E-state index in [9.17, 15) is 0 Å². The number of guanidine groups is 1. The molecule has 0 bridgehead atoms. The van der Waals surface area contributed by atoms with Crippen LogP contribution in [0, 0.1) is 13.8 Å². The number of benzene rings is 1. The number of fused-ring (bicyclic) bond motifs is 1. The number of aromatic nitrogens is 4. The molecule has 0 aliphatic rings. The molecule has 3 rings (SSSR count). The van der Waals surface area contributed by atoms with Crippen LogP contribution in [-0.2, 0) is 20.1 Å². The van der Waals surface area contributed by atoms with E-state index >= 15 is 0 Å². The molecule has 2 N–H and O–H groups in total. The number of hydrogen-bond donors (Lipinski definition) is 2. The molecule has 0 aliphatic heterocycles. The van der Waals surface area contributed by atoms with Crippen LogP contribution in [0.3, 0.4) is 0 Å². The van der Waals surface area contributed by atoms with Gasteiger partial charge in [0.05, 0.1) is 23.1 Å². The van der Waals surface area contributed by atoms with Crippen LogP contribution in [0.15, 0.2) is 35.6 Å². The Labute approximate surface area is 147 Å². The lowest BCUT2D eigenvalue weighted by Crippen LogP contribution is -2.38. The SMILES string of the molecule is CN=C(NCCn1cnc2ccccc21)NCc1c(C)nn(C)c1C. The molecule has 0 fully saturated rings. The molecular formula is C18H25N7. The molecule has 1 aromatic carbocycles. The van der Waals surface area contributed by atoms with Gasteiger partial charge in [-0.2, -0.15) is 5.10 Å². The van der Waals surface area contributed by atoms with E-state index in [0.717, 1.165) is 35.8 Å². The van der Waals surface area contributed by atoms with E-state index in [1.165, 1.54) is 11.3 Å². The summed E-state index contributed by atoms with van der Waals surface area (Å²) in [5, 5.41) is 11.2. The molecule has 2 heterocycles. The summed E-state index contributed by atoms with van der Waals surface area (Å²) in [5.74, 6) is 0.784. The highest BCUT2D eigenvalue weighted by molar-refractivity contribution is 5.79. The quantitative estimate of drug-likeness (QED) is 0.549. The summed E-state index contributed by atoms with van der Waals surface area (Å²) in [5.41, 5.74) is 5.60. The summed E-state index contributed by atoms with van der Waals surface area (Å²) < 4.78 is 4.05. The average Bonchev–Trinajstić information content (AvgIpc) is 3.13. The van der Waals surface area contributed by atoms with E-state index in [1.807, 2.05) is 43.2 Å². The fraction of sp³-hybridized carbons (Fsp3) is 0.389. The summed E-state index contributed by atoms with van der Waals surface area (Å²) in [4.78, 5) is 8.71. The van der Waals surface area contributed by atoms with Gasteiger partial charge in [0.2, 0.25) is 0 Å². The fourth-order valence-electron chi connectivity index (χ4n) is 2.95. The Morgan fingerprint density at radius 2 is 2.00 bits per heavy atom. The van der Waals surface area contributed by atoms with Gasteiger partial charge in [0, 0.05) is 45.0 Å². The van der Waals surface area contributed by atoms with Gasteiger partial charge in [-0.25, -0.2) is 4.98 Å². The van der Waals surface area contributed by atoms with Crippen molar-refractivity contribution in [1.29, 1.82) is 0 Å². The van der Waals surface area contributed by atoms with E-state index in [2.05, 4.69) is 43.3 Å². The second-order valence-electron chi connectivity index (χ2n) is 6.05. The van der Waals surface area contributed by atoms with Crippen LogP contribution in [-0.4, -0.2) is 38.9 Å². The normalized spacial score (nSPS) is 11.9. The third kappa shape index (κ3) is 3.65. The molecule has 2 aromatic heterocycles. The van der Waals surface area contributed by atoms with Crippen molar-refractivity contribution < 1.29 is 0 Å². The van der Waals surface area contributed by atoms with E-state index in [0.29, 0.717) is 6.54 Å². The second kappa shape index (κ2) is 7.38. The lowest BCUT2D eigenvalue weighted by atomic mass is 10.2. The Bertz CT molecular complexity index is 888. The van der Waals surface area contributed by atoms with Gasteiger partial charge < -0.3 is 15.2 Å². The molecule has 0 atom stereocenters. The Hall–Kier alpha value is -2.83. The van der Waals surface area contributed by atoms with Gasteiger partial charge >= 0.3 is 0 Å². The molecule has 132 valence electrons. The Kier molecular flexibility index (Phi) is 5.02. The van der Waals surface area contributed by atoms with Crippen molar-refractivity contribution in [3.8, 4) is 0 Å². The summed E-state index contributed by atoms with van der Waals surface area (Å²) in [6, 6.07) is 8.15. The molecule has 0 radical (unpaired) electrons. The monoisotopic (exact) mass is 339 g/mol. The molecular weight excluding hydrogens is 314 g/mol. The maximum absolute atomic E-state index is 4.45. The fourth-order valence-corrected chi connectivity index (χ4v) is 2.95. The third-order valence-corrected chi connectivity index (χ3v) is 4.49. The highest BCUT2D eigenvalue weighted by Gasteiger charge is 2.09. The number of aliphatic imine (C=N–C) groups is 1. The Morgan fingerprint density at radius 1 is 1.20 bits per heavy atom. The first-order valence-corrected chi connectivity index (χ1v) is 8.43. The van der Waals surface area contributed by atoms with Gasteiger partial charge in [-0.3, -0.25) is 9.67 Å². The number of imidazole rings is 1. The van der Waals surface area contributed by atoms with Gasteiger partial charge in [-0.15, -0.1) is 0 Å². The molecule has 0 saturated heterocycles. The largest absolute Gasteiger partial charge is 0.355 e. The smallest absolute Gasteiger partial charge is 0.191 e. The maximum Gasteiger partial charge on any atom is 0.191 e. The minimum Gasteiger partial charge on any atom is -0.355 e. The first-order chi connectivity index (χ1) is 12.1. The standard InChI is InChI=1S/C18H25N7/c1-13-15(14(2)24(4)23-13)11-21-18(19-3)20-9-10-25-12-22-16-7-5-6-8-17(16)25/h5-8,12H,9-11H2,1-4H3,(H2,19,20,21). The molecule has 0 unspecified atom stereocenters. The van der Waals surface area contributed by atoms with Crippen molar-refractivity contribution >= 4 is 17.0 Å². The van der Waals surface area contributed by atoms with E-state index < -0.39 is 0 Å². The highest BCUT2D eigenvalue weighted by Crippen LogP contribution is 2.12. The lowest BCUT2D eigenvalue weighted by Gasteiger charge is -2.13. The van der Waals surface area contributed by atoms with E-state index in [4.69, 9.17) is 0 Å². The molecule has 7 heteroatoms. The van der Waals surface area contributed by atoms with Crippen molar-refractivity contribution in [2.45, 2.75) is 26.9 Å². The predicted octanol–water partition coefficient (Wildman–Crippen LogP) is 1.75. The van der Waals surface area contributed by atoms with Gasteiger partial charge in [0.15, 0.2) is 5.96 Å². The third-order valence-electron chi connectivity index (χ3n) is 4.49. The van der Waals surface area contributed by atoms with Crippen LogP contribution in [0.5, 0.6) is 0 Å². The molecule has 0 saturated carbocycles. The minimum absolute atomic E-state index is 0.708. The van der Waals surface area contributed by atoms with Crippen LogP contribution < -0.4 is 10.6 Å². The molecule has 0 aliphatic carbocycles. The van der Waals surface area contributed by atoms with Crippen molar-refractivity contribution in [3.05, 3.63) is 47.5 Å². The summed E-state index contributed by atoms with van der Waals surface area (Å²) in [6.07, 6.45) is 1.88. The first kappa shape index (κ1) is 17.0. The number of hydrogen-bond acceptors (Lipinski definition) is 3. The number of rotatable bonds is 5. The number of nitrogens with one attached hydrogen (secondary N) is 2. The zero-order chi connectivity index (χ0) is 17.8. The summed E-state index contributed by atoms with van der Waals surface area (Å²) in [6.45, 7) is 6.41. The second-order valence-corrected chi connectivity index (χ2v) is 6.05. The van der Waals surface area contributed by atoms with Gasteiger partial charge in [0.25, 0.3) is 0 Å². The van der Waals surface area contributed by atoms with Crippen LogP contribution >= 0.6 is 0 Å². The van der Waals surface area contributed by atoms with Crippen molar-refractivity contribution in [3.63, 3.8) is 0 Å². The Balaban J connectivity index is 1.54. The van der Waals surface area contributed by atoms with Gasteiger partial charge in [-0.05, 0) is 26.0 Å². The molecule has 3 aromatic rings. The summed E-state index contributed by atoms with van der Waals surface area (Å²) in [7, 11) is 3.75. The van der Waals surface area contributed by atoms with E-state index in [-0.39, 0.29) is 0 Å². The zero-order valence-electron chi connectivity index (χ0n) is 15.2. The molecule has 0 spiro atoms. The van der Waals surface area contributed by atoms with Crippen molar-refractivity contribution in [2.24, 2.45) is 12.0 Å². The Morgan fingerprint density at radius 3 is 2.72 bits per heavy atom. The molecule has 0 amide bonds. The average molecular weight is 339 g/mol. The molecule has 7 nitrogen and oxygen atoms in total. The van der Waals surface area contributed by atoms with Crippen LogP contribution in [0.25, 0.3) is 11.0 Å². The first-order valence-electron chi connectivity index (χ1n) is 8.43. The zero-order valence-corrected chi connectivity index (χ0v) is 15.2. The van der Waals surface area contributed by atoms with Gasteiger partial charge in [0.1, 0.15) is 0 Å². The summed E-state index contributed by atoms with van der Waals surface area (Å²) >= 11 is 0. The van der Waals surface area contributed by atoms with Crippen LogP contribution in [0.4, 0.5) is 0 Å². The minimum atomic E-state index is 0.708. The van der Waals surface area contributed by atoms with Crippen LogP contribution in [0.1, 0.15) is 17.0 Å². The number of para-hydroxylation sites is 2. The topological polar surface area (TPSA) is 72.1 Å². The number of aryl methyl sites for hydroxylation is 2. The lowest BCUT2D eigenvalue weighted by molar-refractivity contribution is 0.675. The highest BCUT2D eigenvalue weighted by atomic mass is 15.3.